The normalized spacial score (nSPS) is 17.2. The van der Waals surface area contributed by atoms with Crippen LogP contribution >= 0.6 is 0 Å². The first kappa shape index (κ1) is 12.2. The molecule has 1 saturated heterocycles. The number of carbonyl (C=O) groups excluding carboxylic acids is 1. The largest absolute Gasteiger partial charge is 0.542 e. The predicted molar refractivity (Wildman–Crippen MR) is 33.5 cm³/mol. The lowest BCUT2D eigenvalue weighted by Gasteiger charge is -2.07. The van der Waals surface area contributed by atoms with Crippen molar-refractivity contribution in [1.29, 1.82) is 0 Å². The summed E-state index contributed by atoms with van der Waals surface area (Å²) >= 11 is 0. The van der Waals surface area contributed by atoms with E-state index >= 15 is 0 Å². The van der Waals surface area contributed by atoms with Crippen LogP contribution in [0.3, 0.4) is 0 Å². The highest BCUT2D eigenvalue weighted by Crippen LogP contribution is 2.11. The Bertz CT molecular complexity index is 144. The quantitative estimate of drug-likeness (QED) is 0.487. The van der Waals surface area contributed by atoms with E-state index < -0.39 is 12.1 Å². The Hall–Kier alpha value is -0.820. The molecular weight excluding hydrogens is 191 g/mol. The first-order valence-corrected chi connectivity index (χ1v) is 3.62. The first-order valence-electron chi connectivity index (χ1n) is 3.62. The van der Waals surface area contributed by atoms with Gasteiger partial charge in [0.2, 0.25) is 0 Å². The highest BCUT2D eigenvalue weighted by molar-refractivity contribution is 5.70. The van der Waals surface area contributed by atoms with Crippen molar-refractivity contribution in [2.45, 2.75) is 6.18 Å². The fourth-order valence-electron chi connectivity index (χ4n) is 0.580. The minimum atomic E-state index is -5.19. The summed E-state index contributed by atoms with van der Waals surface area (Å²) in [6, 6.07) is 0. The van der Waals surface area contributed by atoms with Gasteiger partial charge in [-0.2, -0.15) is 13.2 Å². The Morgan fingerprint density at radius 3 is 1.77 bits per heavy atom. The van der Waals surface area contributed by atoms with E-state index in [1.165, 1.54) is 0 Å². The van der Waals surface area contributed by atoms with E-state index in [-0.39, 0.29) is 0 Å². The van der Waals surface area contributed by atoms with Gasteiger partial charge in [0.15, 0.2) is 0 Å². The van der Waals surface area contributed by atoms with Gasteiger partial charge in [0.1, 0.15) is 5.97 Å². The van der Waals surface area contributed by atoms with E-state index in [9.17, 15) is 13.2 Å². The van der Waals surface area contributed by atoms with Crippen molar-refractivity contribution in [3.63, 3.8) is 0 Å². The zero-order valence-corrected chi connectivity index (χ0v) is 6.76. The number of alkyl halides is 3. The van der Waals surface area contributed by atoms with Crippen LogP contribution in [0.5, 0.6) is 0 Å². The number of quaternary nitrogens is 1. The molecule has 0 spiro atoms. The molecule has 13 heavy (non-hydrogen) atoms. The number of rotatable bonds is 0. The molecule has 0 aromatic rings. The van der Waals surface area contributed by atoms with Crippen LogP contribution in [0, 0.1) is 0 Å². The van der Waals surface area contributed by atoms with Crippen LogP contribution in [-0.2, 0) is 9.53 Å². The maximum Gasteiger partial charge on any atom is 0.430 e. The lowest BCUT2D eigenvalue weighted by atomic mass is 10.5. The summed E-state index contributed by atoms with van der Waals surface area (Å²) in [5.74, 6) is -3.01. The molecule has 1 fully saturated rings. The molecule has 2 N–H and O–H groups in total. The third kappa shape index (κ3) is 7.54. The summed E-state index contributed by atoms with van der Waals surface area (Å²) in [6.07, 6.45) is -5.19. The number of halogens is 3. The second-order valence-electron chi connectivity index (χ2n) is 2.26. The van der Waals surface area contributed by atoms with E-state index in [0.29, 0.717) is 0 Å². The second kappa shape index (κ2) is 5.76. The molecule has 0 aromatic carbocycles. The lowest BCUT2D eigenvalue weighted by Crippen LogP contribution is -2.87. The summed E-state index contributed by atoms with van der Waals surface area (Å²) in [4.78, 5) is 8.78. The van der Waals surface area contributed by atoms with Gasteiger partial charge in [-0.05, 0) is 0 Å². The van der Waals surface area contributed by atoms with Crippen molar-refractivity contribution < 1.29 is 33.1 Å². The summed E-state index contributed by atoms with van der Waals surface area (Å²) in [6.45, 7) is 4.19. The average Bonchev–Trinajstić information content (AvgIpc) is 2.07. The van der Waals surface area contributed by atoms with E-state index in [2.05, 4.69) is 5.32 Å². The van der Waals surface area contributed by atoms with Gasteiger partial charge in [0.25, 0.3) is 0 Å². The van der Waals surface area contributed by atoms with Crippen LogP contribution in [0.15, 0.2) is 0 Å². The summed E-state index contributed by atoms with van der Waals surface area (Å²) in [5.41, 5.74) is 0. The average molecular weight is 201 g/mol. The van der Waals surface area contributed by atoms with Crippen molar-refractivity contribution in [1.82, 2.24) is 0 Å². The molecule has 7 heteroatoms. The number of aliphatic carboxylic acids is 1. The van der Waals surface area contributed by atoms with Gasteiger partial charge in [-0.25, -0.2) is 0 Å². The maximum atomic E-state index is 10.5. The third-order valence-electron chi connectivity index (χ3n) is 1.16. The van der Waals surface area contributed by atoms with E-state index in [4.69, 9.17) is 14.6 Å². The Morgan fingerprint density at radius 1 is 1.31 bits per heavy atom. The van der Waals surface area contributed by atoms with Gasteiger partial charge in [0, 0.05) is 0 Å². The summed E-state index contributed by atoms with van der Waals surface area (Å²) < 4.78 is 36.6. The Kier molecular flexibility index (Phi) is 5.40. The molecule has 4 nitrogen and oxygen atoms in total. The van der Waals surface area contributed by atoms with Crippen molar-refractivity contribution >= 4 is 5.97 Å². The number of carboxylic acids is 1. The minimum Gasteiger partial charge on any atom is -0.542 e. The predicted octanol–water partition coefficient (Wildman–Crippen LogP) is -2.12. The smallest absolute Gasteiger partial charge is 0.430 e. The van der Waals surface area contributed by atoms with Gasteiger partial charge in [-0.15, -0.1) is 0 Å². The third-order valence-corrected chi connectivity index (χ3v) is 1.16. The number of hydrogen-bond donors (Lipinski definition) is 1. The maximum absolute atomic E-state index is 10.5. The molecule has 0 bridgehead atoms. The van der Waals surface area contributed by atoms with Crippen molar-refractivity contribution in [2.75, 3.05) is 26.3 Å². The van der Waals surface area contributed by atoms with Crippen molar-refractivity contribution in [3.05, 3.63) is 0 Å². The standard InChI is InChI=1S/C4H9NO.C2HF3O2/c1-3-6-4-2-5-1;3-2(4,5)1(6)7/h5H,1-4H2;(H,6,7). The summed E-state index contributed by atoms with van der Waals surface area (Å²) in [5, 5.41) is 11.1. The zero-order valence-electron chi connectivity index (χ0n) is 6.76. The number of carboxylic acid groups (broad SMARTS) is 1. The number of carbonyl (C=O) groups is 1. The van der Waals surface area contributed by atoms with E-state index in [0.717, 1.165) is 26.3 Å². The van der Waals surface area contributed by atoms with Crippen LogP contribution in [0.4, 0.5) is 13.2 Å². The van der Waals surface area contributed by atoms with Crippen molar-refractivity contribution in [2.24, 2.45) is 0 Å². The van der Waals surface area contributed by atoms with Crippen LogP contribution in [-0.4, -0.2) is 38.4 Å². The van der Waals surface area contributed by atoms with E-state index in [1.807, 2.05) is 0 Å². The van der Waals surface area contributed by atoms with Gasteiger partial charge in [-0.3, -0.25) is 0 Å². The Morgan fingerprint density at radius 2 is 1.69 bits per heavy atom. The molecule has 1 heterocycles. The number of hydrogen-bond acceptors (Lipinski definition) is 3. The van der Waals surface area contributed by atoms with Gasteiger partial charge < -0.3 is 20.0 Å². The van der Waals surface area contributed by atoms with Crippen LogP contribution < -0.4 is 10.4 Å². The second-order valence-corrected chi connectivity index (χ2v) is 2.26. The number of nitrogens with two attached hydrogens (primary N) is 1. The molecule has 1 aliphatic heterocycles. The Labute approximate surface area is 72.7 Å². The first-order chi connectivity index (χ1) is 5.94. The Balaban J connectivity index is 0.000000223. The molecule has 1 rings (SSSR count). The molecule has 78 valence electrons. The fraction of sp³-hybridized carbons (Fsp3) is 0.833. The molecular formula is C6H10F3NO3. The summed E-state index contributed by atoms with van der Waals surface area (Å²) in [7, 11) is 0. The highest BCUT2D eigenvalue weighted by Gasteiger charge is 2.28. The van der Waals surface area contributed by atoms with Crippen LogP contribution in [0.1, 0.15) is 0 Å². The van der Waals surface area contributed by atoms with Gasteiger partial charge in [0.05, 0.1) is 26.3 Å². The van der Waals surface area contributed by atoms with Gasteiger partial charge in [-0.1, -0.05) is 0 Å². The molecule has 0 saturated carbocycles. The van der Waals surface area contributed by atoms with E-state index in [1.54, 1.807) is 0 Å². The van der Waals surface area contributed by atoms with Crippen LogP contribution in [0.25, 0.3) is 0 Å². The molecule has 0 atom stereocenters. The zero-order chi connectivity index (χ0) is 10.3. The monoisotopic (exact) mass is 201 g/mol. The molecule has 0 radical (unpaired) electrons. The lowest BCUT2D eigenvalue weighted by molar-refractivity contribution is -0.670. The molecule has 0 aromatic heterocycles. The molecule has 0 amide bonds. The number of morpholine rings is 1. The fourth-order valence-corrected chi connectivity index (χ4v) is 0.580. The molecule has 1 aliphatic rings. The topological polar surface area (TPSA) is 66.0 Å². The minimum absolute atomic E-state index is 0.944. The van der Waals surface area contributed by atoms with Crippen LogP contribution in [0.2, 0.25) is 0 Å². The van der Waals surface area contributed by atoms with Crippen molar-refractivity contribution in [3.8, 4) is 0 Å². The SMILES string of the molecule is C1COCC[NH2+]1.O=C([O-])C(F)(F)F. The number of ether oxygens (including phenoxy) is 1. The molecule has 0 unspecified atom stereocenters. The highest BCUT2D eigenvalue weighted by atomic mass is 19.4. The van der Waals surface area contributed by atoms with Gasteiger partial charge >= 0.3 is 6.18 Å². The molecule has 0 aliphatic carbocycles.